The van der Waals surface area contributed by atoms with Gasteiger partial charge in [0.2, 0.25) is 11.8 Å². The zero-order chi connectivity index (χ0) is 18.6. The van der Waals surface area contributed by atoms with Crippen molar-refractivity contribution >= 4 is 17.5 Å². The lowest BCUT2D eigenvalue weighted by atomic mass is 10.1. The Kier molecular flexibility index (Phi) is 5.79. The van der Waals surface area contributed by atoms with Crippen LogP contribution in [0.5, 0.6) is 0 Å². The van der Waals surface area contributed by atoms with E-state index in [1.807, 2.05) is 29.2 Å². The predicted octanol–water partition coefficient (Wildman–Crippen LogP) is 4.07. The molecule has 1 amide bonds. The summed E-state index contributed by atoms with van der Waals surface area (Å²) in [7, 11) is 0. The summed E-state index contributed by atoms with van der Waals surface area (Å²) in [5.74, 6) is 1.64. The number of hydrogen-bond donors (Lipinski definition) is 0. The highest BCUT2D eigenvalue weighted by Gasteiger charge is 2.34. The van der Waals surface area contributed by atoms with Crippen molar-refractivity contribution in [1.29, 1.82) is 0 Å². The average molecular weight is 388 g/mol. The first-order valence-electron chi connectivity index (χ1n) is 9.90. The van der Waals surface area contributed by atoms with Crippen LogP contribution in [0.4, 0.5) is 0 Å². The van der Waals surface area contributed by atoms with Crippen molar-refractivity contribution in [1.82, 2.24) is 14.8 Å². The molecule has 0 bridgehead atoms. The molecule has 2 fully saturated rings. The summed E-state index contributed by atoms with van der Waals surface area (Å²) >= 11 is 6.25. The van der Waals surface area contributed by atoms with E-state index in [2.05, 4.69) is 9.88 Å². The van der Waals surface area contributed by atoms with Crippen LogP contribution in [0.2, 0.25) is 5.02 Å². The van der Waals surface area contributed by atoms with Crippen molar-refractivity contribution in [3.8, 4) is 0 Å². The van der Waals surface area contributed by atoms with E-state index in [1.54, 1.807) is 6.20 Å². The summed E-state index contributed by atoms with van der Waals surface area (Å²) in [5.41, 5.74) is 1.02. The maximum absolute atomic E-state index is 12.8. The van der Waals surface area contributed by atoms with E-state index >= 15 is 0 Å². The number of nitrogens with zero attached hydrogens (tertiary/aromatic N) is 3. The number of piperidine rings is 1. The molecule has 6 heteroatoms. The monoisotopic (exact) mass is 387 g/mol. The van der Waals surface area contributed by atoms with Gasteiger partial charge in [0.25, 0.3) is 0 Å². The molecule has 3 heterocycles. The Bertz CT molecular complexity index is 785. The van der Waals surface area contributed by atoms with Crippen LogP contribution in [0.15, 0.2) is 34.9 Å². The van der Waals surface area contributed by atoms with Crippen LogP contribution in [-0.4, -0.2) is 46.9 Å². The quantitative estimate of drug-likeness (QED) is 0.776. The lowest BCUT2D eigenvalue weighted by Gasteiger charge is -2.29. The molecule has 2 aromatic rings. The topological polar surface area (TPSA) is 49.6 Å². The first kappa shape index (κ1) is 18.5. The number of amides is 1. The van der Waals surface area contributed by atoms with E-state index in [4.69, 9.17) is 16.0 Å². The van der Waals surface area contributed by atoms with Gasteiger partial charge in [-0.05, 0) is 50.4 Å². The lowest BCUT2D eigenvalue weighted by molar-refractivity contribution is -0.134. The van der Waals surface area contributed by atoms with Crippen molar-refractivity contribution in [2.24, 2.45) is 0 Å². The number of carbonyl (C=O) groups is 1. The second kappa shape index (κ2) is 8.44. The van der Waals surface area contributed by atoms with E-state index < -0.39 is 0 Å². The molecule has 0 radical (unpaired) electrons. The van der Waals surface area contributed by atoms with Crippen LogP contribution >= 0.6 is 11.6 Å². The minimum absolute atomic E-state index is 0.0396. The van der Waals surface area contributed by atoms with Crippen LogP contribution in [-0.2, 0) is 11.2 Å². The number of rotatable bonds is 5. The Hall–Kier alpha value is -1.85. The van der Waals surface area contributed by atoms with Gasteiger partial charge in [-0.1, -0.05) is 36.2 Å². The number of carbonyl (C=O) groups excluding carboxylic acids is 1. The van der Waals surface area contributed by atoms with E-state index in [1.165, 1.54) is 19.3 Å². The molecular formula is C21H26ClN3O2. The molecule has 0 unspecified atom stereocenters. The fraction of sp³-hybridized carbons (Fsp3) is 0.524. The highest BCUT2D eigenvalue weighted by atomic mass is 35.5. The van der Waals surface area contributed by atoms with Gasteiger partial charge in [0.15, 0.2) is 0 Å². The van der Waals surface area contributed by atoms with Gasteiger partial charge in [0.1, 0.15) is 11.8 Å². The van der Waals surface area contributed by atoms with Crippen LogP contribution in [0, 0.1) is 0 Å². The second-order valence-electron chi connectivity index (χ2n) is 7.51. The maximum atomic E-state index is 12.8. The Labute approximate surface area is 165 Å². The zero-order valence-electron chi connectivity index (χ0n) is 15.6. The van der Waals surface area contributed by atoms with Gasteiger partial charge in [-0.15, -0.1) is 0 Å². The Morgan fingerprint density at radius 2 is 1.96 bits per heavy atom. The van der Waals surface area contributed by atoms with Crippen LogP contribution < -0.4 is 0 Å². The molecule has 0 N–H and O–H groups in total. The smallest absolute Gasteiger partial charge is 0.237 e. The molecule has 1 aromatic heterocycles. The summed E-state index contributed by atoms with van der Waals surface area (Å²) < 4.78 is 6.02. The predicted molar refractivity (Wildman–Crippen MR) is 105 cm³/mol. The fourth-order valence-corrected chi connectivity index (χ4v) is 4.31. The third-order valence-corrected chi connectivity index (χ3v) is 5.93. The number of likely N-dealkylation sites (tertiary alicyclic amines) is 2. The largest absolute Gasteiger partial charge is 0.443 e. The first-order valence-corrected chi connectivity index (χ1v) is 10.3. The van der Waals surface area contributed by atoms with Crippen molar-refractivity contribution in [3.05, 3.63) is 52.7 Å². The number of aromatic nitrogens is 1. The Balaban J connectivity index is 1.42. The highest BCUT2D eigenvalue weighted by Crippen LogP contribution is 2.32. The Morgan fingerprint density at radius 3 is 2.78 bits per heavy atom. The van der Waals surface area contributed by atoms with E-state index in [9.17, 15) is 4.79 Å². The van der Waals surface area contributed by atoms with Crippen molar-refractivity contribution in [3.63, 3.8) is 0 Å². The van der Waals surface area contributed by atoms with Gasteiger partial charge in [-0.2, -0.15) is 0 Å². The molecule has 0 spiro atoms. The third kappa shape index (κ3) is 4.36. The van der Waals surface area contributed by atoms with Crippen molar-refractivity contribution < 1.29 is 9.21 Å². The molecule has 27 heavy (non-hydrogen) atoms. The molecule has 0 saturated carbocycles. The SMILES string of the molecule is O=C(CN1CCCCC1)N1CCC[C@H]1c1ncc(Cc2ccccc2Cl)o1. The van der Waals surface area contributed by atoms with Crippen LogP contribution in [0.25, 0.3) is 0 Å². The van der Waals surface area contributed by atoms with E-state index in [0.717, 1.165) is 48.8 Å². The number of benzene rings is 1. The van der Waals surface area contributed by atoms with Gasteiger partial charge >= 0.3 is 0 Å². The first-order chi connectivity index (χ1) is 13.2. The minimum atomic E-state index is -0.0396. The van der Waals surface area contributed by atoms with Gasteiger partial charge in [0.05, 0.1) is 12.7 Å². The molecule has 1 aromatic carbocycles. The van der Waals surface area contributed by atoms with Crippen molar-refractivity contribution in [2.45, 2.75) is 44.6 Å². The molecule has 1 atom stereocenters. The number of halogens is 1. The summed E-state index contributed by atoms with van der Waals surface area (Å²) in [6, 6.07) is 7.72. The Morgan fingerprint density at radius 1 is 1.15 bits per heavy atom. The van der Waals surface area contributed by atoms with E-state index in [0.29, 0.717) is 18.9 Å². The van der Waals surface area contributed by atoms with Gasteiger partial charge in [-0.25, -0.2) is 4.98 Å². The third-order valence-electron chi connectivity index (χ3n) is 5.56. The highest BCUT2D eigenvalue weighted by molar-refractivity contribution is 6.31. The van der Waals surface area contributed by atoms with Gasteiger partial charge < -0.3 is 9.32 Å². The number of oxazole rings is 1. The molecule has 144 valence electrons. The van der Waals surface area contributed by atoms with Crippen LogP contribution in [0.1, 0.15) is 55.4 Å². The van der Waals surface area contributed by atoms with Gasteiger partial charge in [0, 0.05) is 18.0 Å². The molecule has 0 aliphatic carbocycles. The van der Waals surface area contributed by atoms with E-state index in [-0.39, 0.29) is 11.9 Å². The van der Waals surface area contributed by atoms with Crippen molar-refractivity contribution in [2.75, 3.05) is 26.2 Å². The summed E-state index contributed by atoms with van der Waals surface area (Å²) in [6.07, 6.45) is 7.97. The zero-order valence-corrected chi connectivity index (χ0v) is 16.3. The molecule has 4 rings (SSSR count). The maximum Gasteiger partial charge on any atom is 0.237 e. The van der Waals surface area contributed by atoms with Crippen LogP contribution in [0.3, 0.4) is 0 Å². The average Bonchev–Trinajstić information content (AvgIpc) is 3.33. The summed E-state index contributed by atoms with van der Waals surface area (Å²) in [4.78, 5) is 21.6. The fourth-order valence-electron chi connectivity index (χ4n) is 4.11. The molecule has 2 aliphatic rings. The molecule has 2 saturated heterocycles. The normalized spacial score (nSPS) is 20.9. The number of hydrogen-bond acceptors (Lipinski definition) is 4. The molecule has 2 aliphatic heterocycles. The summed E-state index contributed by atoms with van der Waals surface area (Å²) in [5, 5.41) is 0.731. The molecular weight excluding hydrogens is 362 g/mol. The lowest BCUT2D eigenvalue weighted by Crippen LogP contribution is -2.42. The minimum Gasteiger partial charge on any atom is -0.443 e. The second-order valence-corrected chi connectivity index (χ2v) is 7.92. The standard InChI is InChI=1S/C21H26ClN3O2/c22-18-8-3-2-7-16(18)13-17-14-23-21(27-17)19-9-6-12-25(19)20(26)15-24-10-4-1-5-11-24/h2-3,7-8,14,19H,1,4-6,9-13,15H2/t19-/m0/s1. The molecule has 5 nitrogen and oxygen atoms in total. The summed E-state index contributed by atoms with van der Waals surface area (Å²) in [6.45, 7) is 3.37. The van der Waals surface area contributed by atoms with Gasteiger partial charge in [-0.3, -0.25) is 9.69 Å².